The van der Waals surface area contributed by atoms with Crippen molar-refractivity contribution in [1.82, 2.24) is 4.90 Å². The van der Waals surface area contributed by atoms with Gasteiger partial charge < -0.3 is 4.90 Å². The molecule has 0 saturated heterocycles. The van der Waals surface area contributed by atoms with Crippen molar-refractivity contribution in [2.45, 2.75) is 6.92 Å². The quantitative estimate of drug-likeness (QED) is 0.800. The van der Waals surface area contributed by atoms with E-state index in [1.165, 1.54) is 0 Å². The lowest BCUT2D eigenvalue weighted by molar-refractivity contribution is 0.105. The zero-order valence-electron chi connectivity index (χ0n) is 14.7. The maximum Gasteiger partial charge on any atom is 0.226 e. The van der Waals surface area contributed by atoms with Crippen LogP contribution in [-0.2, 0) is 0 Å². The summed E-state index contributed by atoms with van der Waals surface area (Å²) >= 11 is 0. The summed E-state index contributed by atoms with van der Waals surface area (Å²) in [5.74, 6) is 0.509. The Bertz CT molecular complexity index is 1100. The Morgan fingerprint density at radius 2 is 1.73 bits per heavy atom. The van der Waals surface area contributed by atoms with Crippen LogP contribution in [0.5, 0.6) is 0 Å². The van der Waals surface area contributed by atoms with Crippen molar-refractivity contribution in [2.75, 3.05) is 14.1 Å². The number of rotatable bonds is 1. The van der Waals surface area contributed by atoms with Crippen molar-refractivity contribution in [3.8, 4) is 6.07 Å². The summed E-state index contributed by atoms with van der Waals surface area (Å²) in [6.45, 7) is 1.90. The van der Waals surface area contributed by atoms with Gasteiger partial charge in [0.25, 0.3) is 0 Å². The summed E-state index contributed by atoms with van der Waals surface area (Å²) in [5, 5.41) is 9.12. The van der Waals surface area contributed by atoms with Gasteiger partial charge in [0.15, 0.2) is 5.78 Å². The Kier molecular flexibility index (Phi) is 3.55. The highest BCUT2D eigenvalue weighted by Gasteiger charge is 2.35. The molecule has 5 heteroatoms. The molecule has 5 nitrogen and oxygen atoms in total. The van der Waals surface area contributed by atoms with Crippen LogP contribution in [0, 0.1) is 18.3 Å². The van der Waals surface area contributed by atoms with Gasteiger partial charge in [-0.15, -0.1) is 0 Å². The van der Waals surface area contributed by atoms with E-state index in [1.54, 1.807) is 12.1 Å². The smallest absolute Gasteiger partial charge is 0.226 e. The Labute approximate surface area is 151 Å². The number of aliphatic imine (C=N–C) groups is 2. The zero-order valence-corrected chi connectivity index (χ0v) is 14.7. The van der Waals surface area contributed by atoms with Gasteiger partial charge in [0, 0.05) is 25.2 Å². The second-order valence-corrected chi connectivity index (χ2v) is 6.51. The topological polar surface area (TPSA) is 68.8 Å². The SMILES string of the molecule is Cc1cc(C#N)ccc1C1=C2N=C(N(C)C)N=C2c2ccccc2C1=O. The van der Waals surface area contributed by atoms with Crippen molar-refractivity contribution in [1.29, 1.82) is 5.26 Å². The van der Waals surface area contributed by atoms with Crippen molar-refractivity contribution < 1.29 is 4.79 Å². The summed E-state index contributed by atoms with van der Waals surface area (Å²) in [6.07, 6.45) is 0. The molecule has 1 aliphatic heterocycles. The molecule has 0 radical (unpaired) electrons. The lowest BCUT2D eigenvalue weighted by Gasteiger charge is -2.20. The van der Waals surface area contributed by atoms with E-state index in [0.29, 0.717) is 28.4 Å². The molecule has 0 spiro atoms. The van der Waals surface area contributed by atoms with Gasteiger partial charge in [0.2, 0.25) is 5.96 Å². The lowest BCUT2D eigenvalue weighted by atomic mass is 9.82. The van der Waals surface area contributed by atoms with Crippen LogP contribution in [0.1, 0.15) is 32.6 Å². The van der Waals surface area contributed by atoms with E-state index >= 15 is 0 Å². The van der Waals surface area contributed by atoms with Crippen molar-refractivity contribution in [3.05, 3.63) is 76.0 Å². The molecule has 1 aliphatic carbocycles. The molecule has 0 bridgehead atoms. The Morgan fingerprint density at radius 1 is 1.00 bits per heavy atom. The van der Waals surface area contributed by atoms with Gasteiger partial charge in [0.05, 0.1) is 17.2 Å². The third-order valence-electron chi connectivity index (χ3n) is 4.56. The van der Waals surface area contributed by atoms with Gasteiger partial charge in [-0.25, -0.2) is 9.98 Å². The summed E-state index contributed by atoms with van der Waals surface area (Å²) in [7, 11) is 3.75. The van der Waals surface area contributed by atoms with Crippen LogP contribution in [0.15, 0.2) is 58.1 Å². The lowest BCUT2D eigenvalue weighted by Crippen LogP contribution is -2.20. The molecular weight excluding hydrogens is 324 g/mol. The molecule has 0 amide bonds. The number of fused-ring (bicyclic) bond motifs is 3. The molecule has 2 aliphatic rings. The standard InChI is InChI=1S/C21H16N4O/c1-12-10-13(11-22)8-9-14(12)17-19-18(23-21(24-19)25(2)3)15-6-4-5-7-16(15)20(17)26/h4-10H,1-3H3. The van der Waals surface area contributed by atoms with Crippen molar-refractivity contribution in [3.63, 3.8) is 0 Å². The number of hydrogen-bond donors (Lipinski definition) is 0. The van der Waals surface area contributed by atoms with E-state index in [2.05, 4.69) is 16.1 Å². The predicted molar refractivity (Wildman–Crippen MR) is 101 cm³/mol. The second-order valence-electron chi connectivity index (χ2n) is 6.51. The Hall–Kier alpha value is -3.52. The molecule has 0 saturated carbocycles. The van der Waals surface area contributed by atoms with Gasteiger partial charge in [0.1, 0.15) is 11.4 Å². The average Bonchev–Trinajstić information content (AvgIpc) is 3.08. The number of carbonyl (C=O) groups excluding carboxylic acids is 1. The summed E-state index contributed by atoms with van der Waals surface area (Å²) < 4.78 is 0. The van der Waals surface area contributed by atoms with Crippen LogP contribution in [0.4, 0.5) is 0 Å². The van der Waals surface area contributed by atoms with Crippen LogP contribution in [0.3, 0.4) is 0 Å². The summed E-state index contributed by atoms with van der Waals surface area (Å²) in [5.41, 5.74) is 5.53. The molecular formula is C21H16N4O. The number of hydrogen-bond acceptors (Lipinski definition) is 5. The van der Waals surface area contributed by atoms with E-state index in [-0.39, 0.29) is 5.78 Å². The van der Waals surface area contributed by atoms with Gasteiger partial charge in [-0.2, -0.15) is 5.26 Å². The summed E-state index contributed by atoms with van der Waals surface area (Å²) in [4.78, 5) is 24.4. The van der Waals surface area contributed by atoms with E-state index in [9.17, 15) is 4.79 Å². The number of allylic oxidation sites excluding steroid dienone is 2. The molecule has 126 valence electrons. The predicted octanol–water partition coefficient (Wildman–Crippen LogP) is 3.19. The highest BCUT2D eigenvalue weighted by atomic mass is 16.1. The molecule has 4 rings (SSSR count). The number of guanidine groups is 1. The number of nitrogens with zero attached hydrogens (tertiary/aromatic N) is 4. The van der Waals surface area contributed by atoms with Gasteiger partial charge in [-0.05, 0) is 30.2 Å². The van der Waals surface area contributed by atoms with Crippen molar-refractivity contribution in [2.24, 2.45) is 9.98 Å². The van der Waals surface area contributed by atoms with Crippen LogP contribution >= 0.6 is 0 Å². The number of benzene rings is 2. The number of aryl methyl sites for hydroxylation is 1. The van der Waals surface area contributed by atoms with E-state index in [4.69, 9.17) is 5.26 Å². The molecule has 0 atom stereocenters. The molecule has 1 heterocycles. The fourth-order valence-corrected chi connectivity index (χ4v) is 3.29. The second kappa shape index (κ2) is 5.78. The molecule has 2 aromatic rings. The first-order chi connectivity index (χ1) is 12.5. The maximum absolute atomic E-state index is 13.3. The molecule has 0 N–H and O–H groups in total. The molecule has 0 aromatic heterocycles. The van der Waals surface area contributed by atoms with E-state index in [0.717, 1.165) is 22.4 Å². The third-order valence-corrected chi connectivity index (χ3v) is 4.56. The first-order valence-electron chi connectivity index (χ1n) is 8.26. The van der Waals surface area contributed by atoms with Gasteiger partial charge in [-0.3, -0.25) is 4.79 Å². The molecule has 0 unspecified atom stereocenters. The Balaban J connectivity index is 2.02. The minimum absolute atomic E-state index is 0.0638. The normalized spacial score (nSPS) is 15.1. The zero-order chi connectivity index (χ0) is 18.4. The first kappa shape index (κ1) is 16.0. The first-order valence-corrected chi connectivity index (χ1v) is 8.26. The number of nitriles is 1. The average molecular weight is 340 g/mol. The number of ketones is 1. The minimum atomic E-state index is -0.0638. The Morgan fingerprint density at radius 3 is 2.38 bits per heavy atom. The highest BCUT2D eigenvalue weighted by Crippen LogP contribution is 2.37. The monoisotopic (exact) mass is 340 g/mol. The fourth-order valence-electron chi connectivity index (χ4n) is 3.29. The van der Waals surface area contributed by atoms with Crippen LogP contribution < -0.4 is 0 Å². The van der Waals surface area contributed by atoms with E-state index < -0.39 is 0 Å². The number of Topliss-reactive ketones (excluding diaryl/α,β-unsaturated/α-hetero) is 1. The van der Waals surface area contributed by atoms with Gasteiger partial charge in [-0.1, -0.05) is 30.3 Å². The molecule has 2 aromatic carbocycles. The number of carbonyl (C=O) groups is 1. The fraction of sp³-hybridized carbons (Fsp3) is 0.143. The van der Waals surface area contributed by atoms with Crippen molar-refractivity contribution >= 4 is 23.0 Å². The maximum atomic E-state index is 13.3. The largest absolute Gasteiger partial charge is 0.347 e. The summed E-state index contributed by atoms with van der Waals surface area (Å²) in [6, 6.07) is 15.0. The highest BCUT2D eigenvalue weighted by molar-refractivity contribution is 6.43. The minimum Gasteiger partial charge on any atom is -0.347 e. The van der Waals surface area contributed by atoms with E-state index in [1.807, 2.05) is 56.3 Å². The van der Waals surface area contributed by atoms with Gasteiger partial charge >= 0.3 is 0 Å². The van der Waals surface area contributed by atoms with Crippen LogP contribution in [-0.4, -0.2) is 36.4 Å². The molecule has 26 heavy (non-hydrogen) atoms. The van der Waals surface area contributed by atoms with Crippen LogP contribution in [0.25, 0.3) is 5.57 Å². The molecule has 0 fully saturated rings. The third kappa shape index (κ3) is 2.27. The van der Waals surface area contributed by atoms with Crippen LogP contribution in [0.2, 0.25) is 0 Å².